The fourth-order valence-corrected chi connectivity index (χ4v) is 2.51. The van der Waals surface area contributed by atoms with Crippen LogP contribution in [0.3, 0.4) is 0 Å². The molecule has 2 aromatic heterocycles. The number of hydrogen-bond donors (Lipinski definition) is 3. The molecule has 6 heteroatoms. The van der Waals surface area contributed by atoms with Gasteiger partial charge in [0.2, 0.25) is 0 Å². The van der Waals surface area contributed by atoms with Crippen molar-refractivity contribution in [2.45, 2.75) is 13.3 Å². The van der Waals surface area contributed by atoms with Crippen LogP contribution in [0.5, 0.6) is 0 Å². The lowest BCUT2D eigenvalue weighted by atomic mass is 10.0. The first-order valence-corrected chi connectivity index (χ1v) is 7.71. The highest BCUT2D eigenvalue weighted by molar-refractivity contribution is 6.19. The summed E-state index contributed by atoms with van der Waals surface area (Å²) in [4.78, 5) is 15.4. The summed E-state index contributed by atoms with van der Waals surface area (Å²) in [5, 5.41) is 12.7. The predicted molar refractivity (Wildman–Crippen MR) is 93.7 cm³/mol. The van der Waals surface area contributed by atoms with Crippen LogP contribution in [-0.2, 0) is 0 Å². The van der Waals surface area contributed by atoms with Gasteiger partial charge in [-0.1, -0.05) is 25.1 Å². The number of nitrogens with one attached hydrogen (secondary N) is 2. The standard InChI is InChI=1S/C18H18N4O2/c1-2-7-21-14-8-15(18(20)23)22-9-12(14)17(19)13-10-24-16-6-4-3-5-11(13)16/h3-6,8-10,19H,2,7H2,1H3,(H2,20,23)(H,21,22). The zero-order valence-electron chi connectivity index (χ0n) is 13.3. The van der Waals surface area contributed by atoms with E-state index in [-0.39, 0.29) is 11.4 Å². The Labute approximate surface area is 139 Å². The van der Waals surface area contributed by atoms with Gasteiger partial charge < -0.3 is 15.5 Å². The summed E-state index contributed by atoms with van der Waals surface area (Å²) >= 11 is 0. The molecule has 2 heterocycles. The highest BCUT2D eigenvalue weighted by Crippen LogP contribution is 2.26. The number of anilines is 1. The predicted octanol–water partition coefficient (Wildman–Crippen LogP) is 3.16. The van der Waals surface area contributed by atoms with E-state index >= 15 is 0 Å². The number of carbonyl (C=O) groups is 1. The van der Waals surface area contributed by atoms with Crippen LogP contribution in [0, 0.1) is 5.41 Å². The number of rotatable bonds is 6. The van der Waals surface area contributed by atoms with Gasteiger partial charge >= 0.3 is 0 Å². The Hall–Kier alpha value is -3.15. The lowest BCUT2D eigenvalue weighted by molar-refractivity contribution is 0.0995. The van der Waals surface area contributed by atoms with Crippen molar-refractivity contribution >= 4 is 28.3 Å². The van der Waals surface area contributed by atoms with E-state index in [1.54, 1.807) is 12.3 Å². The van der Waals surface area contributed by atoms with Gasteiger partial charge in [0.05, 0.1) is 5.71 Å². The Balaban J connectivity index is 2.06. The second-order valence-electron chi connectivity index (χ2n) is 5.43. The Morgan fingerprint density at radius 3 is 2.88 bits per heavy atom. The van der Waals surface area contributed by atoms with E-state index in [4.69, 9.17) is 15.6 Å². The molecule has 0 atom stereocenters. The number of pyridine rings is 1. The molecule has 0 unspecified atom stereocenters. The summed E-state index contributed by atoms with van der Waals surface area (Å²) in [6.45, 7) is 2.76. The Morgan fingerprint density at radius 1 is 1.33 bits per heavy atom. The first-order chi connectivity index (χ1) is 11.6. The molecule has 0 fully saturated rings. The Bertz CT molecular complexity index is 914. The lowest BCUT2D eigenvalue weighted by Gasteiger charge is -2.12. The van der Waals surface area contributed by atoms with Crippen LogP contribution in [0.15, 0.2) is 47.2 Å². The largest absolute Gasteiger partial charge is 0.464 e. The monoisotopic (exact) mass is 322 g/mol. The van der Waals surface area contributed by atoms with Crippen molar-refractivity contribution in [2.24, 2.45) is 5.73 Å². The zero-order valence-corrected chi connectivity index (χ0v) is 13.3. The molecule has 3 aromatic rings. The van der Waals surface area contributed by atoms with Gasteiger partial charge in [0.1, 0.15) is 17.5 Å². The van der Waals surface area contributed by atoms with Crippen molar-refractivity contribution in [1.82, 2.24) is 4.98 Å². The molecule has 0 saturated carbocycles. The Kier molecular flexibility index (Phi) is 4.29. The van der Waals surface area contributed by atoms with E-state index in [0.29, 0.717) is 23.4 Å². The number of para-hydroxylation sites is 1. The first kappa shape index (κ1) is 15.7. The molecule has 0 aliphatic carbocycles. The lowest BCUT2D eigenvalue weighted by Crippen LogP contribution is -2.16. The molecule has 0 aliphatic heterocycles. The molecule has 3 rings (SSSR count). The molecule has 1 aromatic carbocycles. The number of amides is 1. The van der Waals surface area contributed by atoms with Crippen LogP contribution in [0.2, 0.25) is 0 Å². The maximum Gasteiger partial charge on any atom is 0.267 e. The smallest absolute Gasteiger partial charge is 0.267 e. The number of benzene rings is 1. The van der Waals surface area contributed by atoms with Crippen molar-refractivity contribution in [2.75, 3.05) is 11.9 Å². The first-order valence-electron chi connectivity index (χ1n) is 7.71. The average Bonchev–Trinajstić information content (AvgIpc) is 3.03. The van der Waals surface area contributed by atoms with Crippen molar-refractivity contribution in [3.63, 3.8) is 0 Å². The van der Waals surface area contributed by atoms with Gasteiger partial charge in [0, 0.05) is 34.9 Å². The van der Waals surface area contributed by atoms with E-state index in [1.807, 2.05) is 31.2 Å². The molecule has 0 saturated heterocycles. The zero-order chi connectivity index (χ0) is 17.1. The molecule has 0 radical (unpaired) electrons. The van der Waals surface area contributed by atoms with Crippen LogP contribution < -0.4 is 11.1 Å². The van der Waals surface area contributed by atoms with E-state index in [2.05, 4.69) is 10.3 Å². The number of fused-ring (bicyclic) bond motifs is 1. The molecule has 6 nitrogen and oxygen atoms in total. The van der Waals surface area contributed by atoms with E-state index in [0.717, 1.165) is 17.4 Å². The van der Waals surface area contributed by atoms with E-state index in [1.165, 1.54) is 6.20 Å². The third kappa shape index (κ3) is 2.86. The van der Waals surface area contributed by atoms with Crippen molar-refractivity contribution in [1.29, 1.82) is 5.41 Å². The van der Waals surface area contributed by atoms with Crippen LogP contribution in [0.25, 0.3) is 11.0 Å². The minimum absolute atomic E-state index is 0.169. The molecule has 24 heavy (non-hydrogen) atoms. The minimum Gasteiger partial charge on any atom is -0.464 e. The maximum absolute atomic E-state index is 11.4. The summed E-state index contributed by atoms with van der Waals surface area (Å²) in [6.07, 6.45) is 3.98. The second-order valence-corrected chi connectivity index (χ2v) is 5.43. The van der Waals surface area contributed by atoms with E-state index in [9.17, 15) is 4.79 Å². The minimum atomic E-state index is -0.596. The third-order valence-electron chi connectivity index (χ3n) is 3.74. The molecule has 0 spiro atoms. The molecular formula is C18H18N4O2. The SMILES string of the molecule is CCCNc1cc(C(N)=O)ncc1C(=N)c1coc2ccccc12. The molecule has 1 amide bonds. The molecule has 0 bridgehead atoms. The van der Waals surface area contributed by atoms with Crippen LogP contribution in [-0.4, -0.2) is 23.1 Å². The van der Waals surface area contributed by atoms with Crippen molar-refractivity contribution in [3.05, 3.63) is 59.6 Å². The number of aromatic nitrogens is 1. The topological polar surface area (TPSA) is 105 Å². The number of nitrogens with zero attached hydrogens (tertiary/aromatic N) is 1. The van der Waals surface area contributed by atoms with Gasteiger partial charge in [-0.3, -0.25) is 15.2 Å². The summed E-state index contributed by atoms with van der Waals surface area (Å²) in [6, 6.07) is 9.14. The fraction of sp³-hybridized carbons (Fsp3) is 0.167. The summed E-state index contributed by atoms with van der Waals surface area (Å²) in [7, 11) is 0. The van der Waals surface area contributed by atoms with Gasteiger partial charge in [-0.2, -0.15) is 0 Å². The van der Waals surface area contributed by atoms with Gasteiger partial charge in [-0.15, -0.1) is 0 Å². The maximum atomic E-state index is 11.4. The normalized spacial score (nSPS) is 10.7. The second kappa shape index (κ2) is 6.54. The number of primary amides is 1. The van der Waals surface area contributed by atoms with Crippen LogP contribution >= 0.6 is 0 Å². The van der Waals surface area contributed by atoms with Gasteiger partial charge in [-0.05, 0) is 18.6 Å². The molecule has 0 aliphatic rings. The molecule has 122 valence electrons. The number of nitrogens with two attached hydrogens (primary N) is 1. The van der Waals surface area contributed by atoms with Crippen LogP contribution in [0.1, 0.15) is 35.0 Å². The number of furan rings is 1. The Morgan fingerprint density at radius 2 is 2.12 bits per heavy atom. The average molecular weight is 322 g/mol. The third-order valence-corrected chi connectivity index (χ3v) is 3.74. The number of hydrogen-bond acceptors (Lipinski definition) is 5. The van der Waals surface area contributed by atoms with Gasteiger partial charge in [0.15, 0.2) is 0 Å². The quantitative estimate of drug-likeness (QED) is 0.606. The molecule has 4 N–H and O–H groups in total. The van der Waals surface area contributed by atoms with Gasteiger partial charge in [0.25, 0.3) is 5.91 Å². The van der Waals surface area contributed by atoms with Gasteiger partial charge in [-0.25, -0.2) is 0 Å². The summed E-state index contributed by atoms with van der Waals surface area (Å²) in [5.41, 5.74) is 8.42. The summed E-state index contributed by atoms with van der Waals surface area (Å²) in [5.74, 6) is -0.596. The molecular weight excluding hydrogens is 304 g/mol. The highest BCUT2D eigenvalue weighted by atomic mass is 16.3. The van der Waals surface area contributed by atoms with E-state index < -0.39 is 5.91 Å². The summed E-state index contributed by atoms with van der Waals surface area (Å²) < 4.78 is 5.52. The van der Waals surface area contributed by atoms with Crippen molar-refractivity contribution in [3.8, 4) is 0 Å². The van der Waals surface area contributed by atoms with Crippen molar-refractivity contribution < 1.29 is 9.21 Å². The van der Waals surface area contributed by atoms with Crippen LogP contribution in [0.4, 0.5) is 5.69 Å². The number of carbonyl (C=O) groups excluding carboxylic acids is 1. The highest BCUT2D eigenvalue weighted by Gasteiger charge is 2.17. The fourth-order valence-electron chi connectivity index (χ4n) is 2.51.